The van der Waals surface area contributed by atoms with Crippen molar-refractivity contribution in [2.45, 2.75) is 4.90 Å². The van der Waals surface area contributed by atoms with E-state index in [2.05, 4.69) is 31.2 Å². The molecular weight excluding hydrogens is 558 g/mol. The lowest BCUT2D eigenvalue weighted by Gasteiger charge is -2.08. The first-order valence-electron chi connectivity index (χ1n) is 10.9. The molecule has 0 saturated heterocycles. The van der Waals surface area contributed by atoms with E-state index in [1.165, 1.54) is 42.6 Å². The SMILES string of the molecule is O=C(N/N=C\c1ccc(OC(=O)c2cccc(Br)c2)cc1)c1ccc(NS(=O)(=O)c2ccccc2)cc1. The van der Waals surface area contributed by atoms with Gasteiger partial charge in [-0.2, -0.15) is 5.10 Å². The molecule has 4 aromatic rings. The smallest absolute Gasteiger partial charge is 0.343 e. The van der Waals surface area contributed by atoms with Gasteiger partial charge in [-0.1, -0.05) is 40.2 Å². The number of ether oxygens (including phenoxy) is 1. The van der Waals surface area contributed by atoms with Gasteiger partial charge in [-0.25, -0.2) is 18.6 Å². The van der Waals surface area contributed by atoms with Crippen LogP contribution in [0.15, 0.2) is 118 Å². The number of nitrogens with zero attached hydrogens (tertiary/aromatic N) is 1. The van der Waals surface area contributed by atoms with E-state index in [4.69, 9.17) is 4.74 Å². The lowest BCUT2D eigenvalue weighted by molar-refractivity contribution is 0.0734. The van der Waals surface area contributed by atoms with Crippen LogP contribution in [-0.2, 0) is 10.0 Å². The molecule has 8 nitrogen and oxygen atoms in total. The van der Waals surface area contributed by atoms with Gasteiger partial charge in [0, 0.05) is 15.7 Å². The van der Waals surface area contributed by atoms with Crippen LogP contribution < -0.4 is 14.9 Å². The molecule has 10 heteroatoms. The Morgan fingerprint density at radius 3 is 2.19 bits per heavy atom. The number of rotatable bonds is 8. The van der Waals surface area contributed by atoms with E-state index in [1.807, 2.05) is 6.07 Å². The molecule has 0 atom stereocenters. The topological polar surface area (TPSA) is 114 Å². The Bertz CT molecular complexity index is 1540. The quantitative estimate of drug-likeness (QED) is 0.129. The number of nitrogens with one attached hydrogen (secondary N) is 2. The van der Waals surface area contributed by atoms with E-state index in [0.29, 0.717) is 28.1 Å². The van der Waals surface area contributed by atoms with Crippen LogP contribution in [0.25, 0.3) is 0 Å². The van der Waals surface area contributed by atoms with Crippen LogP contribution in [0.3, 0.4) is 0 Å². The van der Waals surface area contributed by atoms with Crippen molar-refractivity contribution < 1.29 is 22.7 Å². The van der Waals surface area contributed by atoms with E-state index < -0.39 is 21.9 Å². The summed E-state index contributed by atoms with van der Waals surface area (Å²) >= 11 is 3.32. The number of benzene rings is 4. The summed E-state index contributed by atoms with van der Waals surface area (Å²) in [5.74, 6) is -0.573. The molecule has 4 rings (SSSR count). The molecule has 1 amide bonds. The Hall–Kier alpha value is -4.28. The highest BCUT2D eigenvalue weighted by atomic mass is 79.9. The van der Waals surface area contributed by atoms with Crippen molar-refractivity contribution in [3.05, 3.63) is 124 Å². The number of halogens is 1. The molecule has 4 aromatic carbocycles. The number of hydrogen-bond donors (Lipinski definition) is 2. The van der Waals surface area contributed by atoms with Crippen LogP contribution in [0.4, 0.5) is 5.69 Å². The van der Waals surface area contributed by atoms with Crippen molar-refractivity contribution in [3.63, 3.8) is 0 Å². The van der Waals surface area contributed by atoms with Gasteiger partial charge in [-0.05, 0) is 84.4 Å². The van der Waals surface area contributed by atoms with Crippen molar-refractivity contribution in [1.82, 2.24) is 5.43 Å². The molecule has 2 N–H and O–H groups in total. The maximum absolute atomic E-state index is 12.4. The maximum Gasteiger partial charge on any atom is 0.343 e. The van der Waals surface area contributed by atoms with E-state index in [1.54, 1.807) is 60.7 Å². The van der Waals surface area contributed by atoms with Crippen LogP contribution in [0, 0.1) is 0 Å². The molecular formula is C27H20BrN3O5S. The molecule has 0 fully saturated rings. The van der Waals surface area contributed by atoms with Gasteiger partial charge in [-0.3, -0.25) is 9.52 Å². The summed E-state index contributed by atoms with van der Waals surface area (Å²) in [5, 5.41) is 3.94. The molecule has 0 aromatic heterocycles. The predicted molar refractivity (Wildman–Crippen MR) is 144 cm³/mol. The Morgan fingerprint density at radius 1 is 0.811 bits per heavy atom. The van der Waals surface area contributed by atoms with Gasteiger partial charge in [0.05, 0.1) is 16.7 Å². The van der Waals surface area contributed by atoms with Gasteiger partial charge in [-0.15, -0.1) is 0 Å². The van der Waals surface area contributed by atoms with Crippen molar-refractivity contribution >= 4 is 49.7 Å². The van der Waals surface area contributed by atoms with Crippen molar-refractivity contribution in [3.8, 4) is 5.75 Å². The first-order valence-corrected chi connectivity index (χ1v) is 13.2. The second-order valence-electron chi connectivity index (χ2n) is 7.66. The minimum absolute atomic E-state index is 0.141. The monoisotopic (exact) mass is 577 g/mol. The molecule has 0 unspecified atom stereocenters. The molecule has 37 heavy (non-hydrogen) atoms. The van der Waals surface area contributed by atoms with Crippen LogP contribution in [0.1, 0.15) is 26.3 Å². The molecule has 0 bridgehead atoms. The molecule has 0 aliphatic carbocycles. The van der Waals surface area contributed by atoms with Crippen molar-refractivity contribution in [2.24, 2.45) is 5.10 Å². The number of esters is 1. The largest absolute Gasteiger partial charge is 0.423 e. The number of carbonyl (C=O) groups is 2. The van der Waals surface area contributed by atoms with Gasteiger partial charge in [0.2, 0.25) is 0 Å². The second kappa shape index (κ2) is 11.6. The summed E-state index contributed by atoms with van der Waals surface area (Å²) in [6.07, 6.45) is 1.44. The summed E-state index contributed by atoms with van der Waals surface area (Å²) < 4.78 is 33.4. The zero-order chi connectivity index (χ0) is 26.3. The second-order valence-corrected chi connectivity index (χ2v) is 10.3. The lowest BCUT2D eigenvalue weighted by Crippen LogP contribution is -2.18. The highest BCUT2D eigenvalue weighted by molar-refractivity contribution is 9.10. The fraction of sp³-hybridized carbons (Fsp3) is 0. The number of carbonyl (C=O) groups excluding carboxylic acids is 2. The van der Waals surface area contributed by atoms with Gasteiger partial charge in [0.15, 0.2) is 0 Å². The van der Waals surface area contributed by atoms with E-state index >= 15 is 0 Å². The highest BCUT2D eigenvalue weighted by Gasteiger charge is 2.14. The normalized spacial score (nSPS) is 11.2. The van der Waals surface area contributed by atoms with Gasteiger partial charge < -0.3 is 4.74 Å². The number of anilines is 1. The van der Waals surface area contributed by atoms with Gasteiger partial charge in [0.1, 0.15) is 5.75 Å². The third-order valence-electron chi connectivity index (χ3n) is 4.98. The first kappa shape index (κ1) is 25.8. The first-order chi connectivity index (χ1) is 17.8. The minimum atomic E-state index is -3.72. The number of amides is 1. The highest BCUT2D eigenvalue weighted by Crippen LogP contribution is 2.18. The zero-order valence-corrected chi connectivity index (χ0v) is 21.6. The Morgan fingerprint density at radius 2 is 1.51 bits per heavy atom. The minimum Gasteiger partial charge on any atom is -0.423 e. The number of hydrogen-bond acceptors (Lipinski definition) is 6. The van der Waals surface area contributed by atoms with Crippen LogP contribution in [0.5, 0.6) is 5.75 Å². The fourth-order valence-corrected chi connectivity index (χ4v) is 4.62. The van der Waals surface area contributed by atoms with Crippen molar-refractivity contribution in [2.75, 3.05) is 4.72 Å². The van der Waals surface area contributed by atoms with E-state index in [0.717, 1.165) is 4.47 Å². The summed E-state index contributed by atoms with van der Waals surface area (Å²) in [5.41, 5.74) is 4.14. The average molecular weight is 578 g/mol. The molecule has 0 aliphatic heterocycles. The average Bonchev–Trinajstić information content (AvgIpc) is 2.90. The van der Waals surface area contributed by atoms with Crippen LogP contribution in [0.2, 0.25) is 0 Å². The van der Waals surface area contributed by atoms with Gasteiger partial charge >= 0.3 is 5.97 Å². The molecule has 186 valence electrons. The van der Waals surface area contributed by atoms with E-state index in [-0.39, 0.29) is 4.90 Å². The predicted octanol–water partition coefficient (Wildman–Crippen LogP) is 5.23. The summed E-state index contributed by atoms with van der Waals surface area (Å²) in [7, 11) is -3.72. The Balaban J connectivity index is 1.30. The third kappa shape index (κ3) is 7.12. The van der Waals surface area contributed by atoms with E-state index in [9.17, 15) is 18.0 Å². The van der Waals surface area contributed by atoms with Crippen LogP contribution >= 0.6 is 15.9 Å². The van der Waals surface area contributed by atoms with Crippen LogP contribution in [-0.4, -0.2) is 26.5 Å². The molecule has 0 heterocycles. The number of sulfonamides is 1. The zero-order valence-electron chi connectivity index (χ0n) is 19.2. The lowest BCUT2D eigenvalue weighted by atomic mass is 10.2. The molecule has 0 aliphatic rings. The molecule has 0 spiro atoms. The Labute approximate surface area is 222 Å². The van der Waals surface area contributed by atoms with Gasteiger partial charge in [0.25, 0.3) is 15.9 Å². The van der Waals surface area contributed by atoms with Crippen molar-refractivity contribution in [1.29, 1.82) is 0 Å². The fourth-order valence-electron chi connectivity index (χ4n) is 3.14. The third-order valence-corrected chi connectivity index (χ3v) is 6.87. The maximum atomic E-state index is 12.4. The molecule has 0 radical (unpaired) electrons. The summed E-state index contributed by atoms with van der Waals surface area (Å²) in [6.45, 7) is 0. The standard InChI is InChI=1S/C27H20BrN3O5S/c28-22-6-4-5-21(17-22)27(33)36-24-15-9-19(10-16-24)18-29-30-26(32)20-11-13-23(14-12-20)31-37(34,35)25-7-2-1-3-8-25/h1-18,31H,(H,30,32)/b29-18-. The summed E-state index contributed by atoms with van der Waals surface area (Å²) in [4.78, 5) is 24.7. The Kier molecular flexibility index (Phi) is 8.11. The number of hydrazone groups is 1. The molecule has 0 saturated carbocycles. The summed E-state index contributed by atoms with van der Waals surface area (Å²) in [6, 6.07) is 27.5.